The lowest BCUT2D eigenvalue weighted by molar-refractivity contribution is 0.0801. The van der Waals surface area contributed by atoms with Gasteiger partial charge < -0.3 is 15.0 Å². The number of carbonyl (C=O) groups excluding carboxylic acids is 1. The number of hydrogen-bond donors (Lipinski definition) is 1. The lowest BCUT2D eigenvalue weighted by atomic mass is 9.92. The Morgan fingerprint density at radius 1 is 1.33 bits per heavy atom. The standard InChI is InChI=1S/C14H26N2O2/c1-10-7-11(2)9-16(8-10)14(17)15-12(3)13-5-4-6-18-13/h10-13H,4-9H2,1-3H3,(H,15,17). The number of piperidine rings is 1. The summed E-state index contributed by atoms with van der Waals surface area (Å²) in [5.41, 5.74) is 0. The maximum atomic E-state index is 12.2. The van der Waals surface area contributed by atoms with Crippen LogP contribution in [-0.2, 0) is 4.74 Å². The van der Waals surface area contributed by atoms with Crippen molar-refractivity contribution in [1.29, 1.82) is 0 Å². The number of likely N-dealkylation sites (tertiary alicyclic amines) is 1. The van der Waals surface area contributed by atoms with Crippen molar-refractivity contribution in [3.05, 3.63) is 0 Å². The molecule has 4 unspecified atom stereocenters. The molecule has 0 radical (unpaired) electrons. The Labute approximate surface area is 110 Å². The highest BCUT2D eigenvalue weighted by molar-refractivity contribution is 5.74. The van der Waals surface area contributed by atoms with Crippen LogP contribution in [-0.4, -0.2) is 42.8 Å². The molecule has 4 heteroatoms. The number of ether oxygens (including phenoxy) is 1. The van der Waals surface area contributed by atoms with Gasteiger partial charge in [0, 0.05) is 19.7 Å². The summed E-state index contributed by atoms with van der Waals surface area (Å²) in [6, 6.07) is 0.198. The largest absolute Gasteiger partial charge is 0.376 e. The second-order valence-corrected chi connectivity index (χ2v) is 6.14. The molecule has 0 bridgehead atoms. The Morgan fingerprint density at radius 2 is 2.00 bits per heavy atom. The van der Waals surface area contributed by atoms with Gasteiger partial charge in [-0.3, -0.25) is 0 Å². The van der Waals surface area contributed by atoms with Crippen molar-refractivity contribution in [2.45, 2.75) is 52.2 Å². The fourth-order valence-electron chi connectivity index (χ4n) is 3.20. The van der Waals surface area contributed by atoms with Gasteiger partial charge in [-0.1, -0.05) is 13.8 Å². The molecular formula is C14H26N2O2. The fourth-order valence-corrected chi connectivity index (χ4v) is 3.20. The SMILES string of the molecule is CC1CC(C)CN(C(=O)NC(C)C2CCCO2)C1. The van der Waals surface area contributed by atoms with E-state index in [1.807, 2.05) is 11.8 Å². The van der Waals surface area contributed by atoms with Crippen molar-refractivity contribution in [1.82, 2.24) is 10.2 Å². The molecule has 1 N–H and O–H groups in total. The van der Waals surface area contributed by atoms with Gasteiger partial charge in [0.05, 0.1) is 12.1 Å². The monoisotopic (exact) mass is 254 g/mol. The van der Waals surface area contributed by atoms with Crippen molar-refractivity contribution in [3.8, 4) is 0 Å². The molecule has 2 rings (SSSR count). The number of carbonyl (C=O) groups is 1. The summed E-state index contributed by atoms with van der Waals surface area (Å²) in [5.74, 6) is 1.22. The summed E-state index contributed by atoms with van der Waals surface area (Å²) in [5, 5.41) is 3.09. The third kappa shape index (κ3) is 3.37. The average molecular weight is 254 g/mol. The maximum absolute atomic E-state index is 12.2. The highest BCUT2D eigenvalue weighted by atomic mass is 16.5. The molecule has 2 heterocycles. The Bertz CT molecular complexity index is 280. The quantitative estimate of drug-likeness (QED) is 0.821. The Balaban J connectivity index is 1.83. The molecule has 0 spiro atoms. The van der Waals surface area contributed by atoms with E-state index in [1.54, 1.807) is 0 Å². The van der Waals surface area contributed by atoms with E-state index in [0.717, 1.165) is 32.5 Å². The lowest BCUT2D eigenvalue weighted by Gasteiger charge is -2.36. The predicted molar refractivity (Wildman–Crippen MR) is 71.5 cm³/mol. The number of rotatable bonds is 2. The first-order valence-electron chi connectivity index (χ1n) is 7.23. The molecule has 0 aromatic carbocycles. The molecule has 2 fully saturated rings. The van der Waals surface area contributed by atoms with Crippen LogP contribution >= 0.6 is 0 Å². The normalized spacial score (nSPS) is 34.4. The summed E-state index contributed by atoms with van der Waals surface area (Å²) >= 11 is 0. The van der Waals surface area contributed by atoms with Crippen LogP contribution in [0.2, 0.25) is 0 Å². The minimum Gasteiger partial charge on any atom is -0.376 e. The van der Waals surface area contributed by atoms with Gasteiger partial charge in [0.25, 0.3) is 0 Å². The molecule has 4 atom stereocenters. The summed E-state index contributed by atoms with van der Waals surface area (Å²) < 4.78 is 5.61. The average Bonchev–Trinajstić information content (AvgIpc) is 2.80. The van der Waals surface area contributed by atoms with Crippen LogP contribution in [0, 0.1) is 11.8 Å². The molecular weight excluding hydrogens is 228 g/mol. The van der Waals surface area contributed by atoms with Gasteiger partial charge in [-0.25, -0.2) is 4.79 Å². The summed E-state index contributed by atoms with van der Waals surface area (Å²) in [6.45, 7) is 9.09. The van der Waals surface area contributed by atoms with Crippen LogP contribution in [0.25, 0.3) is 0 Å². The van der Waals surface area contributed by atoms with Gasteiger partial charge in [0.1, 0.15) is 0 Å². The zero-order valence-corrected chi connectivity index (χ0v) is 11.8. The molecule has 0 aromatic rings. The van der Waals surface area contributed by atoms with Crippen molar-refractivity contribution in [2.75, 3.05) is 19.7 Å². The Morgan fingerprint density at radius 3 is 2.56 bits per heavy atom. The second kappa shape index (κ2) is 5.91. The molecule has 104 valence electrons. The second-order valence-electron chi connectivity index (χ2n) is 6.14. The molecule has 18 heavy (non-hydrogen) atoms. The lowest BCUT2D eigenvalue weighted by Crippen LogP contribution is -2.51. The number of amides is 2. The zero-order chi connectivity index (χ0) is 13.1. The van der Waals surface area contributed by atoms with E-state index in [2.05, 4.69) is 19.2 Å². The molecule has 2 aliphatic heterocycles. The van der Waals surface area contributed by atoms with Gasteiger partial charge in [-0.15, -0.1) is 0 Å². The minimum absolute atomic E-state index is 0.0800. The van der Waals surface area contributed by atoms with E-state index in [0.29, 0.717) is 11.8 Å². The van der Waals surface area contributed by atoms with Gasteiger partial charge in [0.2, 0.25) is 0 Å². The molecule has 0 aliphatic carbocycles. The van der Waals surface area contributed by atoms with Gasteiger partial charge in [-0.2, -0.15) is 0 Å². The summed E-state index contributed by atoms with van der Waals surface area (Å²) in [6.07, 6.45) is 3.61. The van der Waals surface area contributed by atoms with E-state index in [4.69, 9.17) is 4.74 Å². The first-order valence-corrected chi connectivity index (χ1v) is 7.23. The topological polar surface area (TPSA) is 41.6 Å². The molecule has 2 saturated heterocycles. The first kappa shape index (κ1) is 13.7. The van der Waals surface area contributed by atoms with E-state index in [-0.39, 0.29) is 18.2 Å². The minimum atomic E-state index is 0.0800. The zero-order valence-electron chi connectivity index (χ0n) is 11.8. The maximum Gasteiger partial charge on any atom is 0.317 e. The molecule has 2 aliphatic rings. The Kier molecular flexibility index (Phi) is 4.49. The molecule has 2 amide bonds. The highest BCUT2D eigenvalue weighted by Gasteiger charge is 2.28. The number of nitrogens with zero attached hydrogens (tertiary/aromatic N) is 1. The molecule has 0 saturated carbocycles. The van der Waals surface area contributed by atoms with Crippen LogP contribution in [0.15, 0.2) is 0 Å². The van der Waals surface area contributed by atoms with Crippen LogP contribution in [0.4, 0.5) is 4.79 Å². The molecule has 4 nitrogen and oxygen atoms in total. The molecule has 0 aromatic heterocycles. The van der Waals surface area contributed by atoms with Gasteiger partial charge in [0.15, 0.2) is 0 Å². The van der Waals surface area contributed by atoms with Crippen LogP contribution < -0.4 is 5.32 Å². The van der Waals surface area contributed by atoms with Crippen molar-refractivity contribution in [2.24, 2.45) is 11.8 Å². The summed E-state index contributed by atoms with van der Waals surface area (Å²) in [4.78, 5) is 14.2. The van der Waals surface area contributed by atoms with Crippen LogP contribution in [0.5, 0.6) is 0 Å². The van der Waals surface area contributed by atoms with Crippen LogP contribution in [0.3, 0.4) is 0 Å². The smallest absolute Gasteiger partial charge is 0.317 e. The van der Waals surface area contributed by atoms with Crippen molar-refractivity contribution < 1.29 is 9.53 Å². The summed E-state index contributed by atoms with van der Waals surface area (Å²) in [7, 11) is 0. The van der Waals surface area contributed by atoms with Gasteiger partial charge >= 0.3 is 6.03 Å². The predicted octanol–water partition coefficient (Wildman–Crippen LogP) is 2.24. The van der Waals surface area contributed by atoms with E-state index < -0.39 is 0 Å². The van der Waals surface area contributed by atoms with Crippen molar-refractivity contribution in [3.63, 3.8) is 0 Å². The number of hydrogen-bond acceptors (Lipinski definition) is 2. The fraction of sp³-hybridized carbons (Fsp3) is 0.929. The Hall–Kier alpha value is -0.770. The van der Waals surface area contributed by atoms with Crippen molar-refractivity contribution >= 4 is 6.03 Å². The third-order valence-electron chi connectivity index (χ3n) is 4.03. The van der Waals surface area contributed by atoms with E-state index in [1.165, 1.54) is 6.42 Å². The van der Waals surface area contributed by atoms with Crippen LogP contribution in [0.1, 0.15) is 40.0 Å². The van der Waals surface area contributed by atoms with E-state index >= 15 is 0 Å². The third-order valence-corrected chi connectivity index (χ3v) is 4.03. The van der Waals surface area contributed by atoms with Gasteiger partial charge in [-0.05, 0) is 38.0 Å². The van der Waals surface area contributed by atoms with E-state index in [9.17, 15) is 4.79 Å². The number of nitrogens with one attached hydrogen (secondary N) is 1. The highest BCUT2D eigenvalue weighted by Crippen LogP contribution is 2.21. The number of urea groups is 1. The first-order chi connectivity index (χ1) is 8.56.